The summed E-state index contributed by atoms with van der Waals surface area (Å²) in [6.45, 7) is 6.53. The molecule has 1 saturated heterocycles. The zero-order chi connectivity index (χ0) is 14.2. The van der Waals surface area contributed by atoms with Gasteiger partial charge in [0.15, 0.2) is 0 Å². The van der Waals surface area contributed by atoms with Crippen molar-refractivity contribution >= 4 is 23.2 Å². The fraction of sp³-hybridized carbons (Fsp3) is 0.500. The number of piperazine rings is 1. The molecule has 0 aliphatic carbocycles. The first-order chi connectivity index (χ1) is 8.81. The molecule has 0 atom stereocenters. The number of carbonyl (C=O) groups is 1. The van der Waals surface area contributed by atoms with Crippen molar-refractivity contribution in [2.75, 3.05) is 32.4 Å². The van der Waals surface area contributed by atoms with E-state index >= 15 is 0 Å². The van der Waals surface area contributed by atoms with Crippen LogP contribution in [-0.2, 0) is 0 Å². The molecule has 1 aliphatic rings. The van der Waals surface area contributed by atoms with Gasteiger partial charge in [0.05, 0.1) is 5.56 Å². The molecule has 5 heteroatoms. The number of benzene rings is 1. The van der Waals surface area contributed by atoms with Crippen molar-refractivity contribution in [1.29, 1.82) is 0 Å². The van der Waals surface area contributed by atoms with Gasteiger partial charge in [0.2, 0.25) is 0 Å². The summed E-state index contributed by atoms with van der Waals surface area (Å²) < 4.78 is 0. The number of likely N-dealkylation sites (N-methyl/N-ethyl adjacent to an activating group) is 1. The van der Waals surface area contributed by atoms with Crippen molar-refractivity contribution in [3.63, 3.8) is 0 Å². The minimum absolute atomic E-state index is 0.0265. The number of amides is 1. The molecule has 0 spiro atoms. The van der Waals surface area contributed by atoms with E-state index in [2.05, 4.69) is 25.8 Å². The van der Waals surface area contributed by atoms with Gasteiger partial charge >= 0.3 is 0 Å². The van der Waals surface area contributed by atoms with Crippen LogP contribution >= 0.6 is 11.6 Å². The maximum atomic E-state index is 12.5. The van der Waals surface area contributed by atoms with E-state index in [9.17, 15) is 4.79 Å². The summed E-state index contributed by atoms with van der Waals surface area (Å²) >= 11 is 5.94. The maximum Gasteiger partial charge on any atom is 0.256 e. The summed E-state index contributed by atoms with van der Waals surface area (Å²) in [4.78, 5) is 16.6. The van der Waals surface area contributed by atoms with Crippen LogP contribution in [-0.4, -0.2) is 47.9 Å². The van der Waals surface area contributed by atoms with E-state index in [-0.39, 0.29) is 11.4 Å². The molecule has 0 aromatic heterocycles. The SMILES string of the molecule is CN1CCN(C(=O)c2cc(Cl)ccc2N)CC1(C)C. The number of halogens is 1. The zero-order valence-corrected chi connectivity index (χ0v) is 12.4. The van der Waals surface area contributed by atoms with E-state index in [1.54, 1.807) is 18.2 Å². The smallest absolute Gasteiger partial charge is 0.256 e. The Morgan fingerprint density at radius 3 is 2.68 bits per heavy atom. The van der Waals surface area contributed by atoms with Crippen LogP contribution in [0.3, 0.4) is 0 Å². The largest absolute Gasteiger partial charge is 0.398 e. The maximum absolute atomic E-state index is 12.5. The molecular formula is C14H20ClN3O. The molecule has 0 unspecified atom stereocenters. The number of rotatable bonds is 1. The summed E-state index contributed by atoms with van der Waals surface area (Å²) in [5, 5.41) is 0.533. The Labute approximate surface area is 119 Å². The molecule has 104 valence electrons. The Kier molecular flexibility index (Phi) is 3.74. The van der Waals surface area contributed by atoms with Crippen LogP contribution in [0.25, 0.3) is 0 Å². The number of hydrogen-bond donors (Lipinski definition) is 1. The van der Waals surface area contributed by atoms with Gasteiger partial charge in [0.25, 0.3) is 5.91 Å². The lowest BCUT2D eigenvalue weighted by Gasteiger charge is -2.45. The number of nitrogens with two attached hydrogens (primary N) is 1. The van der Waals surface area contributed by atoms with E-state index in [1.165, 1.54) is 0 Å². The predicted molar refractivity (Wildman–Crippen MR) is 78.5 cm³/mol. The molecule has 19 heavy (non-hydrogen) atoms. The molecule has 1 aliphatic heterocycles. The first-order valence-electron chi connectivity index (χ1n) is 6.37. The van der Waals surface area contributed by atoms with Gasteiger partial charge in [0.1, 0.15) is 0 Å². The van der Waals surface area contributed by atoms with Gasteiger partial charge in [-0.25, -0.2) is 0 Å². The third-order valence-electron chi connectivity index (χ3n) is 3.85. The van der Waals surface area contributed by atoms with Crippen molar-refractivity contribution < 1.29 is 4.79 Å². The summed E-state index contributed by atoms with van der Waals surface area (Å²) in [7, 11) is 2.08. The van der Waals surface area contributed by atoms with Crippen molar-refractivity contribution in [1.82, 2.24) is 9.80 Å². The second-order valence-corrected chi connectivity index (χ2v) is 6.13. The van der Waals surface area contributed by atoms with Crippen molar-refractivity contribution in [2.24, 2.45) is 0 Å². The van der Waals surface area contributed by atoms with E-state index in [4.69, 9.17) is 17.3 Å². The minimum Gasteiger partial charge on any atom is -0.398 e. The number of carbonyl (C=O) groups excluding carboxylic acids is 1. The van der Waals surface area contributed by atoms with Crippen LogP contribution < -0.4 is 5.73 Å². The van der Waals surface area contributed by atoms with Crippen LogP contribution in [0.2, 0.25) is 5.02 Å². The standard InChI is InChI=1S/C14H20ClN3O/c1-14(2)9-18(7-6-17(14)3)13(19)11-8-10(15)4-5-12(11)16/h4-5,8H,6-7,9,16H2,1-3H3. The van der Waals surface area contributed by atoms with Gasteiger partial charge in [-0.15, -0.1) is 0 Å². The van der Waals surface area contributed by atoms with Gasteiger partial charge in [-0.1, -0.05) is 11.6 Å². The van der Waals surface area contributed by atoms with Gasteiger partial charge < -0.3 is 10.6 Å². The van der Waals surface area contributed by atoms with Gasteiger partial charge in [0, 0.05) is 35.9 Å². The number of nitrogens with zero attached hydrogens (tertiary/aromatic N) is 2. The summed E-state index contributed by atoms with van der Waals surface area (Å²) in [5.74, 6) is -0.0406. The molecular weight excluding hydrogens is 262 g/mol. The van der Waals surface area contributed by atoms with Gasteiger partial charge in [-0.2, -0.15) is 0 Å². The minimum atomic E-state index is -0.0406. The topological polar surface area (TPSA) is 49.6 Å². The Morgan fingerprint density at radius 1 is 1.37 bits per heavy atom. The molecule has 0 saturated carbocycles. The third-order valence-corrected chi connectivity index (χ3v) is 4.08. The van der Waals surface area contributed by atoms with Crippen LogP contribution in [0.1, 0.15) is 24.2 Å². The lowest BCUT2D eigenvalue weighted by atomic mass is 9.99. The molecule has 1 aromatic carbocycles. The average molecular weight is 282 g/mol. The second kappa shape index (κ2) is 5.02. The second-order valence-electron chi connectivity index (χ2n) is 5.69. The van der Waals surface area contributed by atoms with Crippen LogP contribution in [0.15, 0.2) is 18.2 Å². The molecule has 2 rings (SSSR count). The molecule has 2 N–H and O–H groups in total. The first-order valence-corrected chi connectivity index (χ1v) is 6.74. The summed E-state index contributed by atoms with van der Waals surface area (Å²) in [6.07, 6.45) is 0. The number of anilines is 1. The Balaban J connectivity index is 2.23. The lowest BCUT2D eigenvalue weighted by molar-refractivity contribution is 0.0312. The normalized spacial score (nSPS) is 19.5. The highest BCUT2D eigenvalue weighted by Crippen LogP contribution is 2.24. The van der Waals surface area contributed by atoms with Crippen LogP contribution in [0.4, 0.5) is 5.69 Å². The van der Waals surface area contributed by atoms with Gasteiger partial charge in [-0.05, 0) is 39.1 Å². The highest BCUT2D eigenvalue weighted by molar-refractivity contribution is 6.31. The Bertz CT molecular complexity index is 501. The van der Waals surface area contributed by atoms with Gasteiger partial charge in [-0.3, -0.25) is 9.69 Å². The summed E-state index contributed by atoms with van der Waals surface area (Å²) in [5.41, 5.74) is 6.82. The van der Waals surface area contributed by atoms with E-state index in [0.29, 0.717) is 29.4 Å². The highest BCUT2D eigenvalue weighted by atomic mass is 35.5. The van der Waals surface area contributed by atoms with E-state index < -0.39 is 0 Å². The molecule has 0 radical (unpaired) electrons. The molecule has 1 heterocycles. The van der Waals surface area contributed by atoms with E-state index in [1.807, 2.05) is 4.90 Å². The molecule has 1 aromatic rings. The number of nitrogen functional groups attached to an aromatic ring is 1. The number of hydrogen-bond acceptors (Lipinski definition) is 3. The molecule has 1 amide bonds. The first kappa shape index (κ1) is 14.2. The fourth-order valence-electron chi connectivity index (χ4n) is 2.30. The van der Waals surface area contributed by atoms with Crippen LogP contribution in [0, 0.1) is 0 Å². The zero-order valence-electron chi connectivity index (χ0n) is 11.6. The summed E-state index contributed by atoms with van der Waals surface area (Å²) in [6, 6.07) is 5.02. The van der Waals surface area contributed by atoms with Crippen molar-refractivity contribution in [2.45, 2.75) is 19.4 Å². The monoisotopic (exact) mass is 281 g/mol. The average Bonchev–Trinajstić information content (AvgIpc) is 2.35. The van der Waals surface area contributed by atoms with Crippen LogP contribution in [0.5, 0.6) is 0 Å². The molecule has 4 nitrogen and oxygen atoms in total. The fourth-order valence-corrected chi connectivity index (χ4v) is 2.47. The molecule has 1 fully saturated rings. The third kappa shape index (κ3) is 2.85. The Morgan fingerprint density at radius 2 is 2.05 bits per heavy atom. The van der Waals surface area contributed by atoms with Crippen molar-refractivity contribution in [3.8, 4) is 0 Å². The highest BCUT2D eigenvalue weighted by Gasteiger charge is 2.33. The predicted octanol–water partition coefficient (Wildman–Crippen LogP) is 2.09. The van der Waals surface area contributed by atoms with E-state index in [0.717, 1.165) is 6.54 Å². The lowest BCUT2D eigenvalue weighted by Crippen LogP contribution is -2.58. The molecule has 0 bridgehead atoms. The van der Waals surface area contributed by atoms with Crippen molar-refractivity contribution in [3.05, 3.63) is 28.8 Å². The Hall–Kier alpha value is -1.26. The quantitative estimate of drug-likeness (QED) is 0.802.